The molecule has 1 aromatic rings. The Bertz CT molecular complexity index is 679. The maximum absolute atomic E-state index is 12.5. The number of anilines is 2. The summed E-state index contributed by atoms with van der Waals surface area (Å²) in [6.07, 6.45) is 1.03. The van der Waals surface area contributed by atoms with Gasteiger partial charge in [-0.05, 0) is 33.8 Å². The van der Waals surface area contributed by atoms with Crippen molar-refractivity contribution in [3.63, 3.8) is 0 Å². The lowest BCUT2D eigenvalue weighted by Gasteiger charge is -2.35. The summed E-state index contributed by atoms with van der Waals surface area (Å²) in [6.45, 7) is 11.0. The lowest BCUT2D eigenvalue weighted by molar-refractivity contribution is -0.117. The first kappa shape index (κ1) is 17.8. The minimum absolute atomic E-state index is 0.108. The molecule has 7 heteroatoms. The fourth-order valence-electron chi connectivity index (χ4n) is 2.40. The van der Waals surface area contributed by atoms with Gasteiger partial charge in [0.2, 0.25) is 11.8 Å². The zero-order valence-corrected chi connectivity index (χ0v) is 14.8. The number of fused-ring (bicyclic) bond motifs is 1. The summed E-state index contributed by atoms with van der Waals surface area (Å²) in [7, 11) is 1.51. The maximum atomic E-state index is 12.5. The first-order valence-electron chi connectivity index (χ1n) is 7.65. The van der Waals surface area contributed by atoms with Crippen LogP contribution in [0.5, 0.6) is 5.88 Å². The van der Waals surface area contributed by atoms with E-state index in [4.69, 9.17) is 9.47 Å². The first-order valence-corrected chi connectivity index (χ1v) is 7.65. The number of pyridine rings is 1. The van der Waals surface area contributed by atoms with Crippen molar-refractivity contribution in [2.24, 2.45) is 0 Å². The third-order valence-corrected chi connectivity index (χ3v) is 3.39. The van der Waals surface area contributed by atoms with Gasteiger partial charge in [0.1, 0.15) is 12.1 Å². The van der Waals surface area contributed by atoms with Gasteiger partial charge in [-0.2, -0.15) is 4.98 Å². The van der Waals surface area contributed by atoms with Crippen molar-refractivity contribution in [3.05, 3.63) is 24.3 Å². The molecule has 130 valence electrons. The summed E-state index contributed by atoms with van der Waals surface area (Å²) >= 11 is 0. The van der Waals surface area contributed by atoms with Crippen molar-refractivity contribution >= 4 is 23.5 Å². The van der Waals surface area contributed by atoms with Gasteiger partial charge >= 0.3 is 6.09 Å². The molecule has 0 unspecified atom stereocenters. The van der Waals surface area contributed by atoms with Gasteiger partial charge in [-0.25, -0.2) is 4.79 Å². The van der Waals surface area contributed by atoms with Crippen LogP contribution in [-0.2, 0) is 9.53 Å². The molecule has 1 aromatic heterocycles. The van der Waals surface area contributed by atoms with Crippen molar-refractivity contribution in [1.29, 1.82) is 0 Å². The van der Waals surface area contributed by atoms with Gasteiger partial charge < -0.3 is 9.47 Å². The van der Waals surface area contributed by atoms with E-state index < -0.39 is 11.7 Å². The third-order valence-electron chi connectivity index (χ3n) is 3.39. The highest BCUT2D eigenvalue weighted by atomic mass is 16.6. The van der Waals surface area contributed by atoms with Crippen molar-refractivity contribution in [2.45, 2.75) is 33.3 Å². The van der Waals surface area contributed by atoms with E-state index in [9.17, 15) is 9.59 Å². The van der Waals surface area contributed by atoms with E-state index in [2.05, 4.69) is 11.6 Å². The Morgan fingerprint density at radius 3 is 2.67 bits per heavy atom. The molecule has 2 heterocycles. The van der Waals surface area contributed by atoms with Gasteiger partial charge in [0.25, 0.3) is 0 Å². The fraction of sp³-hybridized carbons (Fsp3) is 0.471. The Balaban J connectivity index is 2.53. The van der Waals surface area contributed by atoms with Crippen LogP contribution in [-0.4, -0.2) is 42.8 Å². The van der Waals surface area contributed by atoms with Gasteiger partial charge in [-0.3, -0.25) is 14.6 Å². The summed E-state index contributed by atoms with van der Waals surface area (Å²) < 4.78 is 10.7. The number of hydrogen-bond donors (Lipinski definition) is 0. The molecule has 1 aliphatic rings. The number of methoxy groups -OCH3 is 1. The Morgan fingerprint density at radius 2 is 2.12 bits per heavy atom. The van der Waals surface area contributed by atoms with Crippen LogP contribution in [0.1, 0.15) is 26.3 Å². The predicted octanol–water partition coefficient (Wildman–Crippen LogP) is 2.67. The number of hydrogen-bond acceptors (Lipinski definition) is 5. The van der Waals surface area contributed by atoms with Crippen LogP contribution in [0, 0.1) is 6.92 Å². The number of carbonyl (C=O) groups is 2. The van der Waals surface area contributed by atoms with Crippen LogP contribution in [0.4, 0.5) is 16.3 Å². The molecule has 0 atom stereocenters. The number of nitrogens with zero attached hydrogens (tertiary/aromatic N) is 3. The number of aryl methyl sites for hydroxylation is 1. The third kappa shape index (κ3) is 3.50. The first-order chi connectivity index (χ1) is 11.2. The molecule has 0 saturated heterocycles. The molecule has 0 N–H and O–H groups in total. The average Bonchev–Trinajstić information content (AvgIpc) is 2.47. The molecular weight excluding hydrogens is 310 g/mol. The molecule has 0 fully saturated rings. The summed E-state index contributed by atoms with van der Waals surface area (Å²) in [5.74, 6) is 0.507. The summed E-state index contributed by atoms with van der Waals surface area (Å²) in [5, 5.41) is 0. The fourth-order valence-corrected chi connectivity index (χ4v) is 2.40. The van der Waals surface area contributed by atoms with Crippen molar-refractivity contribution < 1.29 is 19.1 Å². The Labute approximate surface area is 141 Å². The quantitative estimate of drug-likeness (QED) is 0.795. The highest BCUT2D eigenvalue weighted by molar-refractivity contribution is 6.09. The number of rotatable bonds is 3. The smallest absolute Gasteiger partial charge is 0.415 e. The Morgan fingerprint density at radius 1 is 1.46 bits per heavy atom. The maximum Gasteiger partial charge on any atom is 0.415 e. The normalized spacial score (nSPS) is 14.3. The van der Waals surface area contributed by atoms with Gasteiger partial charge in [-0.15, -0.1) is 6.58 Å². The van der Waals surface area contributed by atoms with Crippen molar-refractivity contribution in [3.8, 4) is 5.88 Å². The summed E-state index contributed by atoms with van der Waals surface area (Å²) in [6, 6.07) is 1.77. The molecule has 7 nitrogen and oxygen atoms in total. The second-order valence-electron chi connectivity index (χ2n) is 6.52. The molecule has 0 aliphatic carbocycles. The lowest BCUT2D eigenvalue weighted by Crippen LogP contribution is -2.50. The van der Waals surface area contributed by atoms with E-state index in [1.54, 1.807) is 32.9 Å². The number of carbonyl (C=O) groups excluding carboxylic acids is 2. The standard InChI is InChI=1S/C17H23N3O4/c1-7-8-19-13(21)10-20(16(22)24-17(3,4)5)12-9-11(2)15(23-6)18-14(12)19/h7,9H,1,8,10H2,2-6H3. The van der Waals surface area contributed by atoms with Crippen LogP contribution in [0.3, 0.4) is 0 Å². The van der Waals surface area contributed by atoms with E-state index in [1.807, 2.05) is 6.92 Å². The topological polar surface area (TPSA) is 72.0 Å². The van der Waals surface area contributed by atoms with Crippen LogP contribution >= 0.6 is 0 Å². The molecule has 0 radical (unpaired) electrons. The summed E-state index contributed by atoms with van der Waals surface area (Å²) in [5.41, 5.74) is 0.620. The second-order valence-corrected chi connectivity index (χ2v) is 6.52. The van der Waals surface area contributed by atoms with Crippen LogP contribution in [0.25, 0.3) is 0 Å². The molecule has 0 bridgehead atoms. The van der Waals surface area contributed by atoms with Gasteiger partial charge in [0, 0.05) is 12.1 Å². The molecule has 0 saturated carbocycles. The van der Waals surface area contributed by atoms with Gasteiger partial charge in [0.15, 0.2) is 5.82 Å². The average molecular weight is 333 g/mol. The zero-order valence-electron chi connectivity index (χ0n) is 14.8. The lowest BCUT2D eigenvalue weighted by atomic mass is 10.2. The molecule has 2 rings (SSSR count). The predicted molar refractivity (Wildman–Crippen MR) is 91.7 cm³/mol. The van der Waals surface area contributed by atoms with Crippen LogP contribution in [0.2, 0.25) is 0 Å². The molecule has 0 aromatic carbocycles. The number of aromatic nitrogens is 1. The van der Waals surface area contributed by atoms with Crippen molar-refractivity contribution in [1.82, 2.24) is 4.98 Å². The minimum Gasteiger partial charge on any atom is -0.481 e. The minimum atomic E-state index is -0.659. The number of ether oxygens (including phenoxy) is 2. The van der Waals surface area contributed by atoms with E-state index >= 15 is 0 Å². The van der Waals surface area contributed by atoms with E-state index in [0.717, 1.165) is 5.56 Å². The Hall–Kier alpha value is -2.57. The molecule has 1 aliphatic heterocycles. The zero-order chi connectivity index (χ0) is 18.1. The highest BCUT2D eigenvalue weighted by Crippen LogP contribution is 2.36. The summed E-state index contributed by atoms with van der Waals surface area (Å²) in [4.78, 5) is 32.1. The van der Waals surface area contributed by atoms with Crippen molar-refractivity contribution in [2.75, 3.05) is 30.0 Å². The monoisotopic (exact) mass is 333 g/mol. The molecule has 0 spiro atoms. The van der Waals surface area contributed by atoms with E-state index in [-0.39, 0.29) is 12.5 Å². The SMILES string of the molecule is C=CCN1C(=O)CN(C(=O)OC(C)(C)C)c2cc(C)c(OC)nc21. The highest BCUT2D eigenvalue weighted by Gasteiger charge is 2.36. The van der Waals surface area contributed by atoms with Crippen LogP contribution < -0.4 is 14.5 Å². The Kier molecular flexibility index (Phi) is 4.82. The van der Waals surface area contributed by atoms with Gasteiger partial charge in [-0.1, -0.05) is 6.08 Å². The molecule has 2 amide bonds. The van der Waals surface area contributed by atoms with E-state index in [0.29, 0.717) is 23.9 Å². The largest absolute Gasteiger partial charge is 0.481 e. The molecular formula is C17H23N3O4. The molecule has 24 heavy (non-hydrogen) atoms. The van der Waals surface area contributed by atoms with E-state index in [1.165, 1.54) is 16.9 Å². The second kappa shape index (κ2) is 6.51. The number of amides is 2. The van der Waals surface area contributed by atoms with Crippen LogP contribution in [0.15, 0.2) is 18.7 Å². The van der Waals surface area contributed by atoms with Gasteiger partial charge in [0.05, 0.1) is 12.8 Å².